The van der Waals surface area contributed by atoms with Crippen LogP contribution in [0.2, 0.25) is 0 Å². The summed E-state index contributed by atoms with van der Waals surface area (Å²) in [6.45, 7) is 12.1. The molecule has 0 aliphatic heterocycles. The van der Waals surface area contributed by atoms with Gasteiger partial charge in [0.2, 0.25) is 0 Å². The van der Waals surface area contributed by atoms with Crippen LogP contribution in [0.3, 0.4) is 0 Å². The van der Waals surface area contributed by atoms with Crippen molar-refractivity contribution in [2.75, 3.05) is 20.3 Å². The Morgan fingerprint density at radius 2 is 1.79 bits per heavy atom. The maximum atomic E-state index is 11.9. The predicted octanol–water partition coefficient (Wildman–Crippen LogP) is 3.23. The molecule has 2 atom stereocenters. The zero-order valence-electron chi connectivity index (χ0n) is 15.9. The Morgan fingerprint density at radius 3 is 2.38 bits per heavy atom. The van der Waals surface area contributed by atoms with Crippen molar-refractivity contribution in [3.05, 3.63) is 12.2 Å². The third kappa shape index (κ3) is 7.04. The summed E-state index contributed by atoms with van der Waals surface area (Å²) in [5.74, 6) is -0.687. The second kappa shape index (κ2) is 8.65. The average Bonchev–Trinajstić information content (AvgIpc) is 2.47. The van der Waals surface area contributed by atoms with Crippen LogP contribution >= 0.6 is 0 Å². The van der Waals surface area contributed by atoms with Crippen LogP contribution in [0.5, 0.6) is 0 Å². The number of hydrogen-bond donors (Lipinski definition) is 1. The molecule has 0 bridgehead atoms. The molecular formula is C19H33NO4. The van der Waals surface area contributed by atoms with Gasteiger partial charge in [-0.15, -0.1) is 0 Å². The molecule has 0 radical (unpaired) electrons. The number of ether oxygens (including phenoxy) is 2. The summed E-state index contributed by atoms with van der Waals surface area (Å²) >= 11 is 0. The van der Waals surface area contributed by atoms with Gasteiger partial charge in [-0.2, -0.15) is 0 Å². The monoisotopic (exact) mass is 339 g/mol. The van der Waals surface area contributed by atoms with E-state index in [1.807, 2.05) is 7.05 Å². The molecule has 0 aromatic heterocycles. The van der Waals surface area contributed by atoms with Crippen LogP contribution in [0.1, 0.15) is 59.8 Å². The Balaban J connectivity index is 2.35. The molecule has 2 unspecified atom stereocenters. The summed E-state index contributed by atoms with van der Waals surface area (Å²) < 4.78 is 10.1. The number of nitrogens with one attached hydrogen (secondary N) is 1. The van der Waals surface area contributed by atoms with Crippen LogP contribution in [0.25, 0.3) is 0 Å². The number of hydrogen-bond acceptors (Lipinski definition) is 5. The number of carbonyl (C=O) groups is 2. The van der Waals surface area contributed by atoms with Gasteiger partial charge in [0.15, 0.2) is 0 Å². The molecule has 138 valence electrons. The zero-order valence-corrected chi connectivity index (χ0v) is 15.9. The minimum Gasteiger partial charge on any atom is -0.462 e. The number of carbonyl (C=O) groups excluding carboxylic acids is 2. The predicted molar refractivity (Wildman–Crippen MR) is 94.6 cm³/mol. The summed E-state index contributed by atoms with van der Waals surface area (Å²) in [4.78, 5) is 23.1. The highest BCUT2D eigenvalue weighted by atomic mass is 16.6. The lowest BCUT2D eigenvalue weighted by Gasteiger charge is -2.46. The van der Waals surface area contributed by atoms with E-state index in [1.165, 1.54) is 0 Å². The van der Waals surface area contributed by atoms with Gasteiger partial charge in [-0.3, -0.25) is 4.79 Å². The highest BCUT2D eigenvalue weighted by Gasteiger charge is 2.40. The van der Waals surface area contributed by atoms with Gasteiger partial charge in [0.1, 0.15) is 13.2 Å². The summed E-state index contributed by atoms with van der Waals surface area (Å²) in [6, 6.07) is 0.497. The first-order valence-corrected chi connectivity index (χ1v) is 8.72. The Morgan fingerprint density at radius 1 is 1.17 bits per heavy atom. The van der Waals surface area contributed by atoms with Crippen LogP contribution in [0, 0.1) is 10.8 Å². The molecule has 0 aromatic carbocycles. The third-order valence-electron chi connectivity index (χ3n) is 4.71. The second-order valence-electron chi connectivity index (χ2n) is 8.18. The molecule has 1 aliphatic carbocycles. The highest BCUT2D eigenvalue weighted by Crippen LogP contribution is 2.48. The number of esters is 2. The van der Waals surface area contributed by atoms with Gasteiger partial charge in [-0.25, -0.2) is 4.79 Å². The van der Waals surface area contributed by atoms with E-state index in [0.717, 1.165) is 25.7 Å². The van der Waals surface area contributed by atoms with Gasteiger partial charge in [-0.05, 0) is 50.5 Å². The van der Waals surface area contributed by atoms with Crippen LogP contribution in [-0.2, 0) is 19.1 Å². The van der Waals surface area contributed by atoms with Crippen molar-refractivity contribution in [2.45, 2.75) is 65.8 Å². The first-order chi connectivity index (χ1) is 11.1. The quantitative estimate of drug-likeness (QED) is 0.418. The third-order valence-corrected chi connectivity index (χ3v) is 4.71. The molecule has 24 heavy (non-hydrogen) atoms. The topological polar surface area (TPSA) is 64.6 Å². The van der Waals surface area contributed by atoms with Crippen molar-refractivity contribution < 1.29 is 19.1 Å². The lowest BCUT2D eigenvalue weighted by molar-refractivity contribution is -0.150. The SMILES string of the molecule is C=C(C)C(=O)OCCOC(=O)CCC1(C)CC(NC)CC(C)(C)C1. The Labute approximate surface area is 146 Å². The van der Waals surface area contributed by atoms with Gasteiger partial charge >= 0.3 is 11.9 Å². The molecule has 1 N–H and O–H groups in total. The van der Waals surface area contributed by atoms with E-state index < -0.39 is 5.97 Å². The molecule has 5 nitrogen and oxygen atoms in total. The Kier molecular flexibility index (Phi) is 7.46. The molecule has 0 amide bonds. The Hall–Kier alpha value is -1.36. The molecule has 5 heteroatoms. The molecule has 1 saturated carbocycles. The van der Waals surface area contributed by atoms with Crippen molar-refractivity contribution in [3.63, 3.8) is 0 Å². The maximum absolute atomic E-state index is 11.9. The van der Waals surface area contributed by atoms with E-state index in [4.69, 9.17) is 9.47 Å². The van der Waals surface area contributed by atoms with Gasteiger partial charge in [0, 0.05) is 18.0 Å². The lowest BCUT2D eigenvalue weighted by atomic mass is 9.61. The Bertz CT molecular complexity index is 472. The summed E-state index contributed by atoms with van der Waals surface area (Å²) in [5, 5.41) is 3.39. The minimum absolute atomic E-state index is 0.0730. The highest BCUT2D eigenvalue weighted by molar-refractivity contribution is 5.86. The molecule has 1 fully saturated rings. The summed E-state index contributed by atoms with van der Waals surface area (Å²) in [7, 11) is 2.01. The van der Waals surface area contributed by atoms with Crippen molar-refractivity contribution >= 4 is 11.9 Å². The van der Waals surface area contributed by atoms with Crippen LogP contribution in [0.4, 0.5) is 0 Å². The molecule has 0 saturated heterocycles. The van der Waals surface area contributed by atoms with E-state index in [0.29, 0.717) is 18.0 Å². The van der Waals surface area contributed by atoms with Crippen molar-refractivity contribution in [3.8, 4) is 0 Å². The maximum Gasteiger partial charge on any atom is 0.333 e. The lowest BCUT2D eigenvalue weighted by Crippen LogP contribution is -2.43. The molecule has 1 rings (SSSR count). The van der Waals surface area contributed by atoms with Gasteiger partial charge in [-0.1, -0.05) is 27.4 Å². The fraction of sp³-hybridized carbons (Fsp3) is 0.789. The molecule has 0 spiro atoms. The van der Waals surface area contributed by atoms with Crippen LogP contribution in [0.15, 0.2) is 12.2 Å². The molecule has 0 heterocycles. The van der Waals surface area contributed by atoms with Crippen LogP contribution < -0.4 is 5.32 Å². The minimum atomic E-state index is -0.457. The zero-order chi connectivity index (χ0) is 18.4. The van der Waals surface area contributed by atoms with Crippen molar-refractivity contribution in [1.82, 2.24) is 5.32 Å². The van der Waals surface area contributed by atoms with E-state index in [-0.39, 0.29) is 30.0 Å². The average molecular weight is 339 g/mol. The number of rotatable bonds is 8. The van der Waals surface area contributed by atoms with Crippen molar-refractivity contribution in [1.29, 1.82) is 0 Å². The fourth-order valence-corrected chi connectivity index (χ4v) is 3.92. The summed E-state index contributed by atoms with van der Waals surface area (Å²) in [6.07, 6.45) is 4.58. The van der Waals surface area contributed by atoms with Gasteiger partial charge in [0.25, 0.3) is 0 Å². The normalized spacial score (nSPS) is 25.8. The standard InChI is InChI=1S/C19H33NO4/c1-14(2)17(22)24-10-9-23-16(21)7-8-19(5)12-15(20-6)11-18(3,4)13-19/h15,20H,1,7-13H2,2-6H3. The van der Waals surface area contributed by atoms with E-state index in [2.05, 4.69) is 32.7 Å². The van der Waals surface area contributed by atoms with Crippen molar-refractivity contribution in [2.24, 2.45) is 10.8 Å². The first-order valence-electron chi connectivity index (χ1n) is 8.72. The smallest absolute Gasteiger partial charge is 0.333 e. The van der Waals surface area contributed by atoms with Gasteiger partial charge in [0.05, 0.1) is 0 Å². The summed E-state index contributed by atoms with van der Waals surface area (Å²) in [5.41, 5.74) is 0.760. The van der Waals surface area contributed by atoms with Crippen LogP contribution in [-0.4, -0.2) is 38.2 Å². The molecule has 1 aliphatic rings. The van der Waals surface area contributed by atoms with E-state index >= 15 is 0 Å². The van der Waals surface area contributed by atoms with E-state index in [1.54, 1.807) is 6.92 Å². The first kappa shape index (κ1) is 20.7. The second-order valence-corrected chi connectivity index (χ2v) is 8.18. The molecule has 0 aromatic rings. The molecular weight excluding hydrogens is 306 g/mol. The van der Waals surface area contributed by atoms with E-state index in [9.17, 15) is 9.59 Å². The fourth-order valence-electron chi connectivity index (χ4n) is 3.92. The van der Waals surface area contributed by atoms with Gasteiger partial charge < -0.3 is 14.8 Å². The largest absolute Gasteiger partial charge is 0.462 e.